The van der Waals surface area contributed by atoms with Crippen molar-refractivity contribution in [2.45, 2.75) is 38.6 Å². The van der Waals surface area contributed by atoms with Crippen LogP contribution >= 0.6 is 11.8 Å². The third kappa shape index (κ3) is 5.16. The molecule has 0 bridgehead atoms. The molecule has 0 spiro atoms. The third-order valence-electron chi connectivity index (χ3n) is 6.31. The van der Waals surface area contributed by atoms with Gasteiger partial charge in [0.15, 0.2) is 5.16 Å². The zero-order valence-corrected chi connectivity index (χ0v) is 22.2. The highest BCUT2D eigenvalue weighted by molar-refractivity contribution is 7.98. The first kappa shape index (κ1) is 25.5. The van der Waals surface area contributed by atoms with Gasteiger partial charge in [-0.3, -0.25) is 14.2 Å². The molecule has 1 aromatic heterocycles. The average molecular weight is 502 g/mol. The van der Waals surface area contributed by atoms with Crippen LogP contribution < -0.4 is 10.3 Å². The molecule has 0 fully saturated rings. The number of rotatable bonds is 8. The number of carbonyl (C=O) groups is 1. The standard InChI is InChI=1S/C29H31N3O3S/c1-6-31(7-2)27(33)21-13-14-25-26(16-21)30-29(36-18-22-15-19(3)11-12-20(22)4)32(28(25)34)23-9-8-10-24(17-23)35-5/h8-17H,6-7,18H2,1-5H3. The Balaban J connectivity index is 1.86. The minimum atomic E-state index is -0.182. The van der Waals surface area contributed by atoms with Crippen molar-refractivity contribution in [1.29, 1.82) is 0 Å². The van der Waals surface area contributed by atoms with E-state index in [1.807, 2.05) is 38.1 Å². The van der Waals surface area contributed by atoms with Gasteiger partial charge in [0, 0.05) is 30.5 Å². The van der Waals surface area contributed by atoms with Crippen LogP contribution in [0.2, 0.25) is 0 Å². The van der Waals surface area contributed by atoms with Crippen LogP contribution in [0.25, 0.3) is 16.6 Å². The van der Waals surface area contributed by atoms with Crippen molar-refractivity contribution in [1.82, 2.24) is 14.5 Å². The zero-order chi connectivity index (χ0) is 25.8. The van der Waals surface area contributed by atoms with Crippen LogP contribution in [0.1, 0.15) is 40.9 Å². The van der Waals surface area contributed by atoms with Gasteiger partial charge in [-0.1, -0.05) is 41.6 Å². The Hall–Kier alpha value is -3.58. The van der Waals surface area contributed by atoms with Gasteiger partial charge in [0.1, 0.15) is 5.75 Å². The van der Waals surface area contributed by atoms with Crippen LogP contribution in [-0.2, 0) is 5.75 Å². The molecule has 6 nitrogen and oxygen atoms in total. The summed E-state index contributed by atoms with van der Waals surface area (Å²) in [5.41, 5.74) is 5.11. The van der Waals surface area contributed by atoms with Crippen molar-refractivity contribution in [2.75, 3.05) is 20.2 Å². The quantitative estimate of drug-likeness (QED) is 0.226. The summed E-state index contributed by atoms with van der Waals surface area (Å²) in [5.74, 6) is 1.25. The number of methoxy groups -OCH3 is 1. The summed E-state index contributed by atoms with van der Waals surface area (Å²) in [6, 6.07) is 18.9. The van der Waals surface area contributed by atoms with E-state index in [9.17, 15) is 9.59 Å². The number of benzene rings is 3. The van der Waals surface area contributed by atoms with Gasteiger partial charge in [-0.2, -0.15) is 0 Å². The van der Waals surface area contributed by atoms with E-state index in [0.717, 1.165) is 0 Å². The SMILES string of the molecule is CCN(CC)C(=O)c1ccc2c(=O)n(-c3cccc(OC)c3)c(SCc3cc(C)ccc3C)nc2c1. The highest BCUT2D eigenvalue weighted by atomic mass is 32.2. The summed E-state index contributed by atoms with van der Waals surface area (Å²) >= 11 is 1.51. The van der Waals surface area contributed by atoms with Crippen molar-refractivity contribution in [2.24, 2.45) is 0 Å². The molecule has 0 N–H and O–H groups in total. The van der Waals surface area contributed by atoms with E-state index in [1.54, 1.807) is 34.8 Å². The molecule has 0 saturated carbocycles. The van der Waals surface area contributed by atoms with Crippen LogP contribution in [-0.4, -0.2) is 40.6 Å². The smallest absolute Gasteiger partial charge is 0.266 e. The number of hydrogen-bond acceptors (Lipinski definition) is 5. The fraction of sp³-hybridized carbons (Fsp3) is 0.276. The molecule has 0 aliphatic heterocycles. The van der Waals surface area contributed by atoms with Crippen molar-refractivity contribution >= 4 is 28.6 Å². The highest BCUT2D eigenvalue weighted by Crippen LogP contribution is 2.28. The zero-order valence-electron chi connectivity index (χ0n) is 21.4. The maximum absolute atomic E-state index is 13.8. The van der Waals surface area contributed by atoms with Gasteiger partial charge < -0.3 is 9.64 Å². The summed E-state index contributed by atoms with van der Waals surface area (Å²) < 4.78 is 7.03. The van der Waals surface area contributed by atoms with E-state index >= 15 is 0 Å². The Kier molecular flexibility index (Phi) is 7.79. The Morgan fingerprint density at radius 1 is 1.03 bits per heavy atom. The van der Waals surface area contributed by atoms with Crippen molar-refractivity contribution in [3.63, 3.8) is 0 Å². The molecule has 4 rings (SSSR count). The van der Waals surface area contributed by atoms with Gasteiger partial charge in [0.25, 0.3) is 11.5 Å². The number of hydrogen-bond donors (Lipinski definition) is 0. The van der Waals surface area contributed by atoms with Crippen LogP contribution in [0, 0.1) is 13.8 Å². The van der Waals surface area contributed by atoms with Crippen molar-refractivity contribution in [3.05, 3.63) is 93.3 Å². The van der Waals surface area contributed by atoms with Crippen LogP contribution in [0.4, 0.5) is 0 Å². The average Bonchev–Trinajstić information content (AvgIpc) is 2.89. The summed E-state index contributed by atoms with van der Waals surface area (Å²) in [4.78, 5) is 33.4. The molecule has 7 heteroatoms. The summed E-state index contributed by atoms with van der Waals surface area (Å²) in [5, 5.41) is 1.03. The second kappa shape index (κ2) is 11.0. The normalized spacial score (nSPS) is 11.0. The Morgan fingerprint density at radius 2 is 1.81 bits per heavy atom. The molecule has 0 aliphatic carbocycles. The Bertz CT molecular complexity index is 1470. The molecule has 0 unspecified atom stereocenters. The molecule has 36 heavy (non-hydrogen) atoms. The van der Waals surface area contributed by atoms with E-state index in [0.29, 0.717) is 51.9 Å². The molecule has 0 radical (unpaired) electrons. The second-order valence-corrected chi connectivity index (χ2v) is 9.61. The maximum Gasteiger partial charge on any atom is 0.266 e. The van der Waals surface area contributed by atoms with Gasteiger partial charge in [0.2, 0.25) is 0 Å². The second-order valence-electron chi connectivity index (χ2n) is 8.66. The lowest BCUT2D eigenvalue weighted by Crippen LogP contribution is -2.30. The van der Waals surface area contributed by atoms with Gasteiger partial charge in [-0.05, 0) is 69.2 Å². The fourth-order valence-corrected chi connectivity index (χ4v) is 5.24. The van der Waals surface area contributed by atoms with E-state index < -0.39 is 0 Å². The van der Waals surface area contributed by atoms with Crippen LogP contribution in [0.15, 0.2) is 70.6 Å². The minimum Gasteiger partial charge on any atom is -0.497 e. The van der Waals surface area contributed by atoms with Crippen LogP contribution in [0.5, 0.6) is 5.75 Å². The first-order valence-corrected chi connectivity index (χ1v) is 13.0. The monoisotopic (exact) mass is 501 g/mol. The summed E-state index contributed by atoms with van der Waals surface area (Å²) in [6.07, 6.45) is 0. The lowest BCUT2D eigenvalue weighted by molar-refractivity contribution is 0.0773. The largest absolute Gasteiger partial charge is 0.497 e. The minimum absolute atomic E-state index is 0.0646. The van der Waals surface area contributed by atoms with Gasteiger partial charge >= 0.3 is 0 Å². The molecular formula is C29H31N3O3S. The lowest BCUT2D eigenvalue weighted by Gasteiger charge is -2.19. The number of aromatic nitrogens is 2. The summed E-state index contributed by atoms with van der Waals surface area (Å²) in [7, 11) is 1.60. The first-order chi connectivity index (χ1) is 17.4. The third-order valence-corrected chi connectivity index (χ3v) is 7.30. The highest BCUT2D eigenvalue weighted by Gasteiger charge is 2.18. The predicted octanol–water partition coefficient (Wildman–Crippen LogP) is 5.79. The van der Waals surface area contributed by atoms with Crippen LogP contribution in [0.3, 0.4) is 0 Å². The number of fused-ring (bicyclic) bond motifs is 1. The lowest BCUT2D eigenvalue weighted by atomic mass is 10.1. The Labute approximate surface area is 215 Å². The van der Waals surface area contributed by atoms with Crippen molar-refractivity contribution in [3.8, 4) is 11.4 Å². The van der Waals surface area contributed by atoms with E-state index in [1.165, 1.54) is 28.5 Å². The molecule has 0 saturated heterocycles. The number of carbonyl (C=O) groups excluding carboxylic acids is 1. The molecule has 4 aromatic rings. The van der Waals surface area contributed by atoms with E-state index in [4.69, 9.17) is 9.72 Å². The molecule has 3 aromatic carbocycles. The van der Waals surface area contributed by atoms with Gasteiger partial charge in [-0.15, -0.1) is 0 Å². The molecule has 186 valence electrons. The molecule has 0 atom stereocenters. The van der Waals surface area contributed by atoms with E-state index in [2.05, 4.69) is 32.0 Å². The van der Waals surface area contributed by atoms with E-state index in [-0.39, 0.29) is 11.5 Å². The van der Waals surface area contributed by atoms with Gasteiger partial charge in [-0.25, -0.2) is 4.98 Å². The number of amides is 1. The topological polar surface area (TPSA) is 64.4 Å². The van der Waals surface area contributed by atoms with Crippen molar-refractivity contribution < 1.29 is 9.53 Å². The number of ether oxygens (including phenoxy) is 1. The van der Waals surface area contributed by atoms with Gasteiger partial charge in [0.05, 0.1) is 23.7 Å². The Morgan fingerprint density at radius 3 is 2.53 bits per heavy atom. The fourth-order valence-electron chi connectivity index (χ4n) is 4.16. The number of thioether (sulfide) groups is 1. The first-order valence-electron chi connectivity index (χ1n) is 12.1. The molecular weight excluding hydrogens is 470 g/mol. The molecule has 0 aliphatic rings. The molecule has 1 heterocycles. The predicted molar refractivity (Wildman–Crippen MR) is 147 cm³/mol. The number of aryl methyl sites for hydroxylation is 2. The summed E-state index contributed by atoms with van der Waals surface area (Å²) in [6.45, 7) is 9.31. The number of nitrogens with zero attached hydrogens (tertiary/aromatic N) is 3. The maximum atomic E-state index is 13.8. The molecule has 1 amide bonds.